The van der Waals surface area contributed by atoms with Gasteiger partial charge in [-0.2, -0.15) is 0 Å². The van der Waals surface area contributed by atoms with Gasteiger partial charge < -0.3 is 64.6 Å². The van der Waals surface area contributed by atoms with Crippen molar-refractivity contribution in [1.82, 2.24) is 5.32 Å². The number of hydrogen-bond donors (Lipinski definition) is 9. The molecule has 0 saturated carbocycles. The van der Waals surface area contributed by atoms with Crippen LogP contribution in [0.2, 0.25) is 12.1 Å². The van der Waals surface area contributed by atoms with Crippen molar-refractivity contribution >= 4 is 17.6 Å². The fourth-order valence-electron chi connectivity index (χ4n) is 3.95. The molecule has 38 heavy (non-hydrogen) atoms. The van der Waals surface area contributed by atoms with Crippen molar-refractivity contribution in [2.24, 2.45) is 0 Å². The highest BCUT2D eigenvalue weighted by molar-refractivity contribution is 6.56. The van der Waals surface area contributed by atoms with Crippen LogP contribution < -0.4 is 41.2 Å². The lowest BCUT2D eigenvalue weighted by molar-refractivity contribution is -0.658. The Labute approximate surface area is 248 Å². The fourth-order valence-corrected chi connectivity index (χ4v) is 5.35. The second-order valence-electron chi connectivity index (χ2n) is 10.2. The van der Waals surface area contributed by atoms with Gasteiger partial charge in [0.2, 0.25) is 0 Å². The Bertz CT molecular complexity index is 439. The van der Waals surface area contributed by atoms with Crippen LogP contribution in [0.3, 0.4) is 0 Å². The number of halogens is 2. The highest BCUT2D eigenvalue weighted by atomic mass is 35.5. The van der Waals surface area contributed by atoms with E-state index in [1.807, 2.05) is 0 Å². The summed E-state index contributed by atoms with van der Waals surface area (Å²) in [6, 6.07) is 0.249. The van der Waals surface area contributed by atoms with E-state index in [0.717, 1.165) is 19.8 Å². The van der Waals surface area contributed by atoms with Crippen molar-refractivity contribution in [2.75, 3.05) is 26.3 Å². The van der Waals surface area contributed by atoms with E-state index in [0.29, 0.717) is 19.4 Å². The second-order valence-corrected chi connectivity index (χ2v) is 14.3. The largest absolute Gasteiger partial charge is 1.00 e. The van der Waals surface area contributed by atoms with Crippen LogP contribution in [-0.2, 0) is 0 Å². The molecule has 9 nitrogen and oxygen atoms in total. The molecule has 0 heterocycles. The first-order valence-electron chi connectivity index (χ1n) is 14.8. The molecule has 0 unspecified atom stereocenters. The maximum Gasteiger partial charge on any atom is 0.492 e. The Kier molecular flexibility index (Phi) is 40.7. The molecule has 0 aromatic carbocycles. The van der Waals surface area contributed by atoms with Gasteiger partial charge in [-0.1, -0.05) is 103 Å². The lowest BCUT2D eigenvalue weighted by Gasteiger charge is -2.08. The van der Waals surface area contributed by atoms with Gasteiger partial charge in [-0.25, -0.2) is 0 Å². The summed E-state index contributed by atoms with van der Waals surface area (Å²) in [5, 5.41) is 5.52. The Hall–Kier alpha value is 0.654. The molecule has 13 heteroatoms. The van der Waals surface area contributed by atoms with E-state index in [-0.39, 0.29) is 36.9 Å². The molecule has 0 spiro atoms. The van der Waals surface area contributed by atoms with Crippen LogP contribution in [0, 0.1) is 0 Å². The van der Waals surface area contributed by atoms with Gasteiger partial charge in [-0.3, -0.25) is 5.32 Å². The number of quaternary nitrogens is 2. The summed E-state index contributed by atoms with van der Waals surface area (Å²) in [7, 11) is -7.53. The van der Waals surface area contributed by atoms with Gasteiger partial charge in [0.1, 0.15) is 6.67 Å². The third-order valence-electron chi connectivity index (χ3n) is 6.18. The topological polar surface area (TPSA) is 178 Å². The summed E-state index contributed by atoms with van der Waals surface area (Å²) in [6.07, 6.45) is 23.7. The monoisotopic (exact) mass is 627 g/mol. The second kappa shape index (κ2) is 33.9. The molecule has 12 N–H and O–H groups in total. The summed E-state index contributed by atoms with van der Waals surface area (Å²) in [6.45, 7) is 5.67. The Morgan fingerprint density at radius 3 is 1.26 bits per heavy atom. The van der Waals surface area contributed by atoms with Crippen molar-refractivity contribution in [3.05, 3.63) is 0 Å². The zero-order valence-electron chi connectivity index (χ0n) is 24.2. The van der Waals surface area contributed by atoms with Crippen LogP contribution in [0.1, 0.15) is 122 Å². The van der Waals surface area contributed by atoms with Gasteiger partial charge in [0.25, 0.3) is 0 Å². The lowest BCUT2D eigenvalue weighted by Crippen LogP contribution is -3.00. The molecular formula is C25H63Cl2N3O6Si2. The average molecular weight is 629 g/mol. The first kappa shape index (κ1) is 45.6. The highest BCUT2D eigenvalue weighted by Gasteiger charge is 2.26. The number of nitrogens with two attached hydrogens (primary N) is 1. The van der Waals surface area contributed by atoms with Crippen molar-refractivity contribution in [3.8, 4) is 0 Å². The normalized spacial score (nSPS) is 11.4. The number of unbranched alkanes of at least 4 members (excludes halogenated alkanes) is 15. The van der Waals surface area contributed by atoms with Crippen molar-refractivity contribution in [3.63, 3.8) is 0 Å². The summed E-state index contributed by atoms with van der Waals surface area (Å²) in [5.41, 5.74) is 3.48. The standard InChI is InChI=1S/C22H50N2O3Si.C3H11NO3Si.2ClH/c1-2-3-4-5-6-7-8-9-10-11-12-13-14-15-16-17-19-23-22-24-20-18-21-28(25,26)27;4-2-1-3-8(5,6)7;;/h23-27H,2-22H2,1H3;5-7H,1-4H2;2*1H. The van der Waals surface area contributed by atoms with E-state index in [2.05, 4.69) is 23.3 Å². The minimum Gasteiger partial charge on any atom is -1.00 e. The lowest BCUT2D eigenvalue weighted by atomic mass is 10.0. The van der Waals surface area contributed by atoms with E-state index in [1.54, 1.807) is 0 Å². The van der Waals surface area contributed by atoms with Crippen molar-refractivity contribution in [1.29, 1.82) is 0 Å². The maximum absolute atomic E-state index is 8.90. The van der Waals surface area contributed by atoms with Crippen LogP contribution in [0.15, 0.2) is 0 Å². The predicted octanol–water partition coefficient (Wildman–Crippen LogP) is -4.79. The van der Waals surface area contributed by atoms with Gasteiger partial charge in [0.05, 0.1) is 13.1 Å². The molecule has 0 aliphatic heterocycles. The van der Waals surface area contributed by atoms with E-state index in [4.69, 9.17) is 28.8 Å². The minimum atomic E-state index is -3.81. The predicted molar refractivity (Wildman–Crippen MR) is 151 cm³/mol. The van der Waals surface area contributed by atoms with Crippen molar-refractivity contribution in [2.45, 2.75) is 135 Å². The van der Waals surface area contributed by atoms with E-state index >= 15 is 0 Å². The third-order valence-corrected chi connectivity index (χ3v) is 8.23. The Morgan fingerprint density at radius 1 is 0.553 bits per heavy atom. The van der Waals surface area contributed by atoms with Crippen LogP contribution in [-0.4, -0.2) is 72.7 Å². The zero-order valence-corrected chi connectivity index (χ0v) is 27.7. The van der Waals surface area contributed by atoms with Crippen molar-refractivity contribution < 1.29 is 64.6 Å². The highest BCUT2D eigenvalue weighted by Crippen LogP contribution is 2.13. The zero-order chi connectivity index (χ0) is 27.4. The fraction of sp³-hybridized carbons (Fsp3) is 1.00. The molecule has 0 aromatic rings. The molecule has 0 radical (unpaired) electrons. The Balaban J connectivity index is -0.000000499. The molecule has 0 atom stereocenters. The molecule has 0 rings (SSSR count). The Morgan fingerprint density at radius 2 is 0.921 bits per heavy atom. The number of rotatable bonds is 26. The molecule has 0 saturated heterocycles. The third kappa shape index (κ3) is 49.6. The molecule has 0 amide bonds. The van der Waals surface area contributed by atoms with Gasteiger partial charge >= 0.3 is 17.6 Å². The van der Waals surface area contributed by atoms with Crippen LogP contribution in [0.5, 0.6) is 0 Å². The van der Waals surface area contributed by atoms with Gasteiger partial charge in [-0.05, 0) is 6.42 Å². The molecular weight excluding hydrogens is 565 g/mol. The molecule has 0 aliphatic carbocycles. The van der Waals surface area contributed by atoms with Crippen LogP contribution in [0.25, 0.3) is 0 Å². The number of nitrogens with one attached hydrogen (secondary N) is 1. The summed E-state index contributed by atoms with van der Waals surface area (Å²) in [5.74, 6) is 0. The summed E-state index contributed by atoms with van der Waals surface area (Å²) in [4.78, 5) is 51.8. The quantitative estimate of drug-likeness (QED) is 0.0262. The first-order chi connectivity index (χ1) is 17.1. The molecule has 0 aromatic heterocycles. The average Bonchev–Trinajstić information content (AvgIpc) is 2.80. The maximum atomic E-state index is 8.90. The number of hydrogen-bond acceptors (Lipinski definition) is 7. The van der Waals surface area contributed by atoms with Gasteiger partial charge in [0, 0.05) is 31.5 Å². The first-order valence-corrected chi connectivity index (χ1v) is 18.9. The van der Waals surface area contributed by atoms with Crippen LogP contribution >= 0.6 is 0 Å². The molecule has 0 bridgehead atoms. The molecule has 0 aliphatic rings. The molecule has 236 valence electrons. The van der Waals surface area contributed by atoms with E-state index < -0.39 is 17.6 Å². The van der Waals surface area contributed by atoms with Crippen LogP contribution in [0.4, 0.5) is 0 Å². The van der Waals surface area contributed by atoms with Gasteiger partial charge in [0.15, 0.2) is 0 Å². The van der Waals surface area contributed by atoms with E-state index in [9.17, 15) is 0 Å². The SMILES string of the molecule is CCCCCCCCCCCCCCCCCCNC[NH2+]CCC[Si](O)(O)O.[Cl-].[Cl-].[NH3+]CCC[Si](O)(O)O. The summed E-state index contributed by atoms with van der Waals surface area (Å²) >= 11 is 0. The molecule has 0 fully saturated rings. The van der Waals surface area contributed by atoms with E-state index in [1.165, 1.54) is 103 Å². The summed E-state index contributed by atoms with van der Waals surface area (Å²) < 4.78 is 0. The smallest absolute Gasteiger partial charge is 0.492 e. The minimum absolute atomic E-state index is 0. The van der Waals surface area contributed by atoms with Gasteiger partial charge in [-0.15, -0.1) is 0 Å².